The molecular formula is C43H44B5IrN3O17. The molecule has 4 N–H and O–H groups in total. The third-order valence-electron chi connectivity index (χ3n) is 8.23. The molecule has 26 heteroatoms. The van der Waals surface area contributed by atoms with Gasteiger partial charge in [-0.1, -0.05) is 31.1 Å². The largest absolute Gasteiger partial charge is 0.508 e. The van der Waals surface area contributed by atoms with E-state index in [1.165, 1.54) is 12.9 Å². The summed E-state index contributed by atoms with van der Waals surface area (Å²) >= 11 is 0. The molecule has 0 atom stereocenters. The number of hydrogen-bond donors (Lipinski definition) is 4. The van der Waals surface area contributed by atoms with E-state index in [9.17, 15) is 43.5 Å². The van der Waals surface area contributed by atoms with Crippen molar-refractivity contribution in [1.29, 1.82) is 0 Å². The standard InChI is InChI=1S/C21H20B2N2O8.C11H12BNO4.C10H9BO5.CH3B.Ir/c1-24-17-4-2-14(7-15(17)10-31-19(22)27)9-33-21(29)25-18-5-3-13(8-30-12-26)6-16(18)11-32-20(23)28;1-13-10-3-2-8(5-16-7-14)4-9(10)6-17-11(12)15;11-10(14)16-5-8-3-7(4-15-6-12)1-2-9(8)13;1-2;/h2-7,12,24H,8-11H2,1H3,(H,25,29);2-4,7,13H,5-6H2,1H3;1-3,6,13H,4-5H2;1H3;. The summed E-state index contributed by atoms with van der Waals surface area (Å²) in [6, 6.07) is 19.9. The van der Waals surface area contributed by atoms with Crippen LogP contribution in [0.15, 0.2) is 72.8 Å². The number of hydrogen-bond acceptors (Lipinski definition) is 19. The average molecular weight is 1120 g/mol. The molecule has 0 bridgehead atoms. The van der Waals surface area contributed by atoms with E-state index in [0.717, 1.165) is 22.5 Å². The normalized spacial score (nSPS) is 9.38. The van der Waals surface area contributed by atoms with Crippen molar-refractivity contribution >= 4 is 105 Å². The Bertz CT molecular complexity index is 2300. The van der Waals surface area contributed by atoms with Crippen LogP contribution in [0, 0.1) is 0 Å². The molecule has 0 saturated heterocycles. The Hall–Kier alpha value is -7.19. The molecule has 0 aliphatic rings. The average Bonchev–Trinajstić information content (AvgIpc) is 3.33. The Morgan fingerprint density at radius 3 is 1.12 bits per heavy atom. The first-order chi connectivity index (χ1) is 32.6. The van der Waals surface area contributed by atoms with E-state index in [-0.39, 0.29) is 78.7 Å². The quantitative estimate of drug-likeness (QED) is 0.0456. The van der Waals surface area contributed by atoms with E-state index in [0.29, 0.717) is 58.5 Å². The van der Waals surface area contributed by atoms with E-state index < -0.39 is 29.6 Å². The molecule has 0 aliphatic heterocycles. The smallest absolute Gasteiger partial charge is 0.411 e. The van der Waals surface area contributed by atoms with Crippen molar-refractivity contribution in [2.45, 2.75) is 59.7 Å². The molecule has 4 rings (SSSR count). The van der Waals surface area contributed by atoms with Crippen LogP contribution < -0.4 is 16.0 Å². The maximum atomic E-state index is 12.3. The number of rotatable bonds is 22. The van der Waals surface area contributed by atoms with Gasteiger partial charge in [-0.3, -0.25) is 38.9 Å². The van der Waals surface area contributed by atoms with Crippen LogP contribution in [-0.4, -0.2) is 107 Å². The summed E-state index contributed by atoms with van der Waals surface area (Å²) in [6.45, 7) is 2.39. The number of nitrogens with one attached hydrogen (secondary N) is 3. The molecule has 4 aromatic carbocycles. The third kappa shape index (κ3) is 26.1. The van der Waals surface area contributed by atoms with Gasteiger partial charge < -0.3 is 53.6 Å². The third-order valence-corrected chi connectivity index (χ3v) is 8.23. The van der Waals surface area contributed by atoms with Gasteiger partial charge in [-0.15, -0.1) is 0 Å². The Morgan fingerprint density at radius 2 is 0.768 bits per heavy atom. The van der Waals surface area contributed by atoms with Gasteiger partial charge in [-0.25, -0.2) is 4.79 Å². The first kappa shape index (κ1) is 61.8. The molecule has 20 nitrogen and oxygen atoms in total. The molecule has 357 valence electrons. The first-order valence-corrected chi connectivity index (χ1v) is 19.5. The summed E-state index contributed by atoms with van der Waals surface area (Å²) < 4.78 is 38.0. The molecule has 0 aliphatic carbocycles. The Morgan fingerprint density at radius 1 is 0.464 bits per heavy atom. The zero-order valence-corrected chi connectivity index (χ0v) is 39.9. The fourth-order valence-electron chi connectivity index (χ4n) is 5.30. The van der Waals surface area contributed by atoms with Crippen LogP contribution in [0.4, 0.5) is 41.0 Å². The monoisotopic (exact) mass is 1120 g/mol. The second-order valence-corrected chi connectivity index (χ2v) is 12.8. The molecule has 69 heavy (non-hydrogen) atoms. The number of carbonyl (C=O) groups is 8. The van der Waals surface area contributed by atoms with Crippen LogP contribution in [0.2, 0.25) is 6.82 Å². The maximum absolute atomic E-state index is 12.3. The second kappa shape index (κ2) is 35.9. The van der Waals surface area contributed by atoms with E-state index in [4.69, 9.17) is 55.1 Å². The van der Waals surface area contributed by atoms with Crippen molar-refractivity contribution < 1.29 is 101 Å². The van der Waals surface area contributed by atoms with Crippen molar-refractivity contribution in [1.82, 2.24) is 0 Å². The van der Waals surface area contributed by atoms with E-state index >= 15 is 0 Å². The zero-order valence-electron chi connectivity index (χ0n) is 37.5. The van der Waals surface area contributed by atoms with Crippen LogP contribution in [0.5, 0.6) is 5.75 Å². The minimum atomic E-state index is -0.987. The summed E-state index contributed by atoms with van der Waals surface area (Å²) in [5.74, 6) is -3.66. The topological polar surface area (TPSA) is 267 Å². The van der Waals surface area contributed by atoms with E-state index in [1.807, 2.05) is 12.1 Å². The summed E-state index contributed by atoms with van der Waals surface area (Å²) in [5, 5.41) is 17.9. The van der Waals surface area contributed by atoms with Gasteiger partial charge in [-0.05, 0) is 70.8 Å². The fourth-order valence-corrected chi connectivity index (χ4v) is 5.30. The van der Waals surface area contributed by atoms with Crippen LogP contribution in [-0.2, 0) is 125 Å². The predicted octanol–water partition coefficient (Wildman–Crippen LogP) is 5.04. The Labute approximate surface area is 417 Å². The van der Waals surface area contributed by atoms with Gasteiger partial charge in [0.25, 0.3) is 19.4 Å². The molecule has 4 aromatic rings. The predicted molar refractivity (Wildman–Crippen MR) is 248 cm³/mol. The number of amides is 1. The van der Waals surface area contributed by atoms with Crippen molar-refractivity contribution in [2.75, 3.05) is 30.0 Å². The van der Waals surface area contributed by atoms with E-state index in [1.54, 1.807) is 68.7 Å². The SMILES string of the molecule is [B]C.[B]C(=O)OCc1cc(COC(=O)Nc2ccc(COC=O)cc2COC([B])=O)ccc1NC.[B]C(=O)OCc1cc(COC=O)ccc1NC.[B]C(=O)OCc1cc(COC=O)ccc1O.[Ir]. The fraction of sp³-hybridized carbons (Fsp3) is 0.256. The van der Waals surface area contributed by atoms with Gasteiger partial charge in [0.2, 0.25) is 54.9 Å². The number of anilines is 3. The summed E-state index contributed by atoms with van der Waals surface area (Å²) in [5.41, 5.74) is 6.82. The first-order valence-electron chi connectivity index (χ1n) is 19.5. The van der Waals surface area contributed by atoms with Crippen molar-refractivity contribution in [3.05, 3.63) is 117 Å². The number of carbonyl (C=O) groups excluding carboxylic acids is 8. The molecule has 1 amide bonds. The number of ether oxygens (including phenoxy) is 8. The summed E-state index contributed by atoms with van der Waals surface area (Å²) in [6.07, 6.45) is -0.764. The van der Waals surface area contributed by atoms with Crippen LogP contribution in [0.3, 0.4) is 0 Å². The second-order valence-electron chi connectivity index (χ2n) is 12.8. The molecule has 0 heterocycles. The van der Waals surface area contributed by atoms with E-state index in [2.05, 4.69) is 38.0 Å². The number of phenolic OH excluding ortho intramolecular Hbond substituents is 1. The van der Waals surface area contributed by atoms with Gasteiger partial charge in [0, 0.05) is 67.8 Å². The summed E-state index contributed by atoms with van der Waals surface area (Å²) in [7, 11) is 27.7. The van der Waals surface area contributed by atoms with Crippen LogP contribution in [0.25, 0.3) is 0 Å². The summed E-state index contributed by atoms with van der Waals surface area (Å²) in [4.78, 5) is 85.5. The van der Waals surface area contributed by atoms with Crippen LogP contribution in [0.1, 0.15) is 44.5 Å². The molecule has 0 unspecified atom stereocenters. The molecule has 0 aromatic heterocycles. The molecule has 0 fully saturated rings. The van der Waals surface area contributed by atoms with Gasteiger partial charge in [0.1, 0.15) is 58.6 Å². The van der Waals surface area contributed by atoms with Crippen LogP contribution >= 0.6 is 0 Å². The Kier molecular flexibility index (Phi) is 32.2. The van der Waals surface area contributed by atoms with Gasteiger partial charge >= 0.3 is 6.09 Å². The van der Waals surface area contributed by atoms with Gasteiger partial charge in [-0.2, -0.15) is 0 Å². The zero-order chi connectivity index (χ0) is 50.9. The Balaban J connectivity index is 0.00000108. The van der Waals surface area contributed by atoms with Gasteiger partial charge in [0.15, 0.2) is 0 Å². The molecular weight excluding hydrogens is 1080 g/mol. The maximum Gasteiger partial charge on any atom is 0.411 e. The van der Waals surface area contributed by atoms with Gasteiger partial charge in [0.05, 0.1) is 13.5 Å². The molecule has 0 saturated carbocycles. The number of benzene rings is 4. The molecule has 11 radical (unpaired) electrons. The minimum Gasteiger partial charge on any atom is -0.508 e. The molecule has 0 spiro atoms. The van der Waals surface area contributed by atoms with Crippen molar-refractivity contribution in [3.8, 4) is 5.75 Å². The number of aromatic hydroxyl groups is 1. The van der Waals surface area contributed by atoms with Crippen molar-refractivity contribution in [2.24, 2.45) is 0 Å². The van der Waals surface area contributed by atoms with Crippen molar-refractivity contribution in [3.63, 3.8) is 0 Å². The minimum absolute atomic E-state index is 0. The number of phenols is 1.